The fraction of sp³-hybridized carbons (Fsp3) is 0.750. The summed E-state index contributed by atoms with van der Waals surface area (Å²) in [5.74, 6) is 1.44. The number of nitrogens with one attached hydrogen (secondary N) is 1. The highest BCUT2D eigenvalue weighted by atomic mass is 32.2. The number of thiazole rings is 1. The lowest BCUT2D eigenvalue weighted by Gasteiger charge is -2.34. The topological polar surface area (TPSA) is 62.3 Å². The standard InChI is InChI=1S/C12H21N3O2S2/c1-9-4-10(2)6-15(5-9)7-11-8-18-12(13-11)14-19(3,16)17/h8-10H,4-7H2,1-3H3,(H,13,14). The molecular weight excluding hydrogens is 282 g/mol. The predicted molar refractivity (Wildman–Crippen MR) is 78.8 cm³/mol. The minimum absolute atomic E-state index is 0.454. The van der Waals surface area contributed by atoms with E-state index in [0.717, 1.165) is 43.4 Å². The maximum atomic E-state index is 11.1. The first-order valence-electron chi connectivity index (χ1n) is 6.46. The molecule has 0 aliphatic carbocycles. The monoisotopic (exact) mass is 303 g/mol. The van der Waals surface area contributed by atoms with Crippen LogP contribution in [0, 0.1) is 11.8 Å². The van der Waals surface area contributed by atoms with Crippen LogP contribution in [0.15, 0.2) is 5.38 Å². The Balaban J connectivity index is 1.96. The second kappa shape index (κ2) is 5.76. The minimum atomic E-state index is -3.23. The Morgan fingerprint density at radius 3 is 2.63 bits per heavy atom. The number of anilines is 1. The summed E-state index contributed by atoms with van der Waals surface area (Å²) < 4.78 is 24.7. The van der Waals surface area contributed by atoms with Crippen LogP contribution < -0.4 is 4.72 Å². The lowest BCUT2D eigenvalue weighted by molar-refractivity contribution is 0.133. The molecule has 0 amide bonds. The fourth-order valence-electron chi connectivity index (χ4n) is 2.74. The van der Waals surface area contributed by atoms with Crippen molar-refractivity contribution >= 4 is 26.5 Å². The third-order valence-electron chi connectivity index (χ3n) is 3.15. The lowest BCUT2D eigenvalue weighted by Crippen LogP contribution is -2.38. The number of sulfonamides is 1. The number of nitrogens with zero attached hydrogens (tertiary/aromatic N) is 2. The van der Waals surface area contributed by atoms with Crippen LogP contribution >= 0.6 is 11.3 Å². The summed E-state index contributed by atoms with van der Waals surface area (Å²) in [6.45, 7) is 7.55. The molecule has 1 aromatic rings. The summed E-state index contributed by atoms with van der Waals surface area (Å²) in [4.78, 5) is 6.73. The highest BCUT2D eigenvalue weighted by Crippen LogP contribution is 2.24. The molecule has 1 aromatic heterocycles. The molecule has 108 valence electrons. The SMILES string of the molecule is CC1CC(C)CN(Cc2csc(NS(C)(=O)=O)n2)C1. The summed E-state index contributed by atoms with van der Waals surface area (Å²) in [6, 6.07) is 0. The van der Waals surface area contributed by atoms with Gasteiger partial charge in [0.2, 0.25) is 10.0 Å². The van der Waals surface area contributed by atoms with Crippen molar-refractivity contribution in [2.75, 3.05) is 24.1 Å². The van der Waals surface area contributed by atoms with Gasteiger partial charge in [0.05, 0.1) is 11.9 Å². The number of likely N-dealkylation sites (tertiary alicyclic amines) is 1. The number of piperidine rings is 1. The van der Waals surface area contributed by atoms with Crippen LogP contribution in [0.3, 0.4) is 0 Å². The zero-order valence-electron chi connectivity index (χ0n) is 11.6. The number of aromatic nitrogens is 1. The number of rotatable bonds is 4. The Labute approximate surface area is 119 Å². The first-order valence-corrected chi connectivity index (χ1v) is 9.23. The molecule has 1 N–H and O–H groups in total. The molecule has 2 unspecified atom stereocenters. The van der Waals surface area contributed by atoms with Gasteiger partial charge < -0.3 is 0 Å². The van der Waals surface area contributed by atoms with Crippen molar-refractivity contribution in [2.45, 2.75) is 26.8 Å². The molecule has 2 heterocycles. The predicted octanol–water partition coefficient (Wildman–Crippen LogP) is 1.99. The van der Waals surface area contributed by atoms with E-state index in [4.69, 9.17) is 0 Å². The van der Waals surface area contributed by atoms with Crippen LogP contribution in [0.1, 0.15) is 26.0 Å². The lowest BCUT2D eigenvalue weighted by atomic mass is 9.92. The highest BCUT2D eigenvalue weighted by Gasteiger charge is 2.22. The van der Waals surface area contributed by atoms with Gasteiger partial charge in [0, 0.05) is 25.0 Å². The van der Waals surface area contributed by atoms with Crippen molar-refractivity contribution in [3.8, 4) is 0 Å². The molecule has 0 aromatic carbocycles. The molecule has 1 saturated heterocycles. The quantitative estimate of drug-likeness (QED) is 0.924. The largest absolute Gasteiger partial charge is 0.297 e. The normalized spacial score (nSPS) is 25.4. The second-order valence-corrected chi connectivity index (χ2v) is 8.26. The maximum absolute atomic E-state index is 11.1. The van der Waals surface area contributed by atoms with Gasteiger partial charge in [-0.15, -0.1) is 11.3 Å². The first-order chi connectivity index (χ1) is 8.82. The Morgan fingerprint density at radius 2 is 2.05 bits per heavy atom. The zero-order chi connectivity index (χ0) is 14.0. The average molecular weight is 303 g/mol. The van der Waals surface area contributed by atoms with Crippen LogP contribution in [0.2, 0.25) is 0 Å². The van der Waals surface area contributed by atoms with E-state index in [-0.39, 0.29) is 0 Å². The van der Waals surface area contributed by atoms with Gasteiger partial charge in [-0.3, -0.25) is 9.62 Å². The van der Waals surface area contributed by atoms with Gasteiger partial charge in [0.25, 0.3) is 0 Å². The third kappa shape index (κ3) is 4.74. The van der Waals surface area contributed by atoms with E-state index in [2.05, 4.69) is 28.5 Å². The molecule has 1 fully saturated rings. The smallest absolute Gasteiger partial charge is 0.231 e. The van der Waals surface area contributed by atoms with E-state index in [0.29, 0.717) is 5.13 Å². The number of hydrogen-bond acceptors (Lipinski definition) is 5. The highest BCUT2D eigenvalue weighted by molar-refractivity contribution is 7.92. The van der Waals surface area contributed by atoms with Crippen molar-refractivity contribution in [2.24, 2.45) is 11.8 Å². The molecule has 19 heavy (non-hydrogen) atoms. The van der Waals surface area contributed by atoms with Gasteiger partial charge in [-0.05, 0) is 18.3 Å². The molecule has 7 heteroatoms. The summed E-state index contributed by atoms with van der Waals surface area (Å²) in [5, 5.41) is 2.38. The van der Waals surface area contributed by atoms with Crippen LogP contribution in [-0.4, -0.2) is 37.6 Å². The Bertz CT molecular complexity index is 517. The van der Waals surface area contributed by atoms with Crippen molar-refractivity contribution in [3.05, 3.63) is 11.1 Å². The van der Waals surface area contributed by atoms with Gasteiger partial charge in [-0.25, -0.2) is 13.4 Å². The van der Waals surface area contributed by atoms with Gasteiger partial charge in [0.15, 0.2) is 5.13 Å². The fourth-order valence-corrected chi connectivity index (χ4v) is 4.29. The molecule has 1 aliphatic rings. The number of hydrogen-bond donors (Lipinski definition) is 1. The van der Waals surface area contributed by atoms with Gasteiger partial charge in [-0.1, -0.05) is 13.8 Å². The molecule has 5 nitrogen and oxygen atoms in total. The van der Waals surface area contributed by atoms with Crippen LogP contribution in [-0.2, 0) is 16.6 Å². The summed E-state index contributed by atoms with van der Waals surface area (Å²) >= 11 is 1.34. The van der Waals surface area contributed by atoms with E-state index < -0.39 is 10.0 Å². The van der Waals surface area contributed by atoms with Crippen LogP contribution in [0.5, 0.6) is 0 Å². The van der Waals surface area contributed by atoms with E-state index in [1.54, 1.807) is 0 Å². The van der Waals surface area contributed by atoms with E-state index in [9.17, 15) is 8.42 Å². The molecule has 0 radical (unpaired) electrons. The maximum Gasteiger partial charge on any atom is 0.231 e. The van der Waals surface area contributed by atoms with Gasteiger partial charge in [0.1, 0.15) is 0 Å². The third-order valence-corrected chi connectivity index (χ3v) is 4.65. The van der Waals surface area contributed by atoms with Crippen molar-refractivity contribution in [1.82, 2.24) is 9.88 Å². The molecule has 0 bridgehead atoms. The zero-order valence-corrected chi connectivity index (χ0v) is 13.2. The minimum Gasteiger partial charge on any atom is -0.297 e. The Morgan fingerprint density at radius 1 is 1.42 bits per heavy atom. The summed E-state index contributed by atoms with van der Waals surface area (Å²) in [6.07, 6.45) is 2.43. The van der Waals surface area contributed by atoms with Crippen molar-refractivity contribution in [3.63, 3.8) is 0 Å². The summed E-state index contributed by atoms with van der Waals surface area (Å²) in [5.41, 5.74) is 0.942. The molecule has 1 aliphatic heterocycles. The van der Waals surface area contributed by atoms with Crippen LogP contribution in [0.4, 0.5) is 5.13 Å². The summed E-state index contributed by atoms with van der Waals surface area (Å²) in [7, 11) is -3.23. The molecule has 0 saturated carbocycles. The Kier molecular flexibility index (Phi) is 4.47. The van der Waals surface area contributed by atoms with E-state index in [1.807, 2.05) is 5.38 Å². The van der Waals surface area contributed by atoms with Gasteiger partial charge in [-0.2, -0.15) is 0 Å². The second-order valence-electron chi connectivity index (χ2n) is 5.66. The molecule has 0 spiro atoms. The first kappa shape index (κ1) is 14.7. The van der Waals surface area contributed by atoms with Crippen LogP contribution in [0.25, 0.3) is 0 Å². The van der Waals surface area contributed by atoms with Gasteiger partial charge >= 0.3 is 0 Å². The molecular formula is C12H21N3O2S2. The molecule has 2 atom stereocenters. The van der Waals surface area contributed by atoms with E-state index in [1.165, 1.54) is 17.8 Å². The van der Waals surface area contributed by atoms with Crippen molar-refractivity contribution < 1.29 is 8.42 Å². The Hall–Kier alpha value is -0.660. The average Bonchev–Trinajstić information content (AvgIpc) is 2.60. The van der Waals surface area contributed by atoms with Crippen molar-refractivity contribution in [1.29, 1.82) is 0 Å². The van der Waals surface area contributed by atoms with E-state index >= 15 is 0 Å². The molecule has 2 rings (SSSR count).